The van der Waals surface area contributed by atoms with E-state index in [9.17, 15) is 13.6 Å². The topological polar surface area (TPSA) is 29.5 Å². The van der Waals surface area contributed by atoms with Crippen molar-refractivity contribution in [3.63, 3.8) is 0 Å². The van der Waals surface area contributed by atoms with Gasteiger partial charge in [-0.2, -0.15) is 8.78 Å². The summed E-state index contributed by atoms with van der Waals surface area (Å²) in [5.41, 5.74) is 2.99. The first-order valence-electron chi connectivity index (χ1n) is 9.31. The molecule has 0 atom stereocenters. The second kappa shape index (κ2) is 11.8. The van der Waals surface area contributed by atoms with Crippen molar-refractivity contribution >= 4 is 27.4 Å². The van der Waals surface area contributed by atoms with Crippen molar-refractivity contribution in [2.45, 2.75) is 53.7 Å². The number of Topliss-reactive ketones (excluding diaryl/α,β-unsaturated/α-hetero) is 1. The molecule has 6 heteroatoms. The Kier molecular flexibility index (Phi) is 10.1. The SMILES string of the molecule is CCC.CCc1ccc(OC(F)F)c(CN(C)c2cc(Br)ccc2C(C)=O)c1. The van der Waals surface area contributed by atoms with Gasteiger partial charge in [0.1, 0.15) is 5.75 Å². The van der Waals surface area contributed by atoms with Gasteiger partial charge < -0.3 is 9.64 Å². The van der Waals surface area contributed by atoms with Crippen LogP contribution in [0.5, 0.6) is 5.75 Å². The molecule has 0 bridgehead atoms. The molecule has 0 spiro atoms. The van der Waals surface area contributed by atoms with Crippen molar-refractivity contribution in [2.75, 3.05) is 11.9 Å². The molecule has 0 saturated carbocycles. The first kappa shape index (κ1) is 24.1. The molecule has 0 heterocycles. The normalized spacial score (nSPS) is 10.3. The van der Waals surface area contributed by atoms with Gasteiger partial charge >= 0.3 is 6.61 Å². The van der Waals surface area contributed by atoms with E-state index >= 15 is 0 Å². The number of alkyl halides is 2. The van der Waals surface area contributed by atoms with E-state index in [0.29, 0.717) is 17.7 Å². The minimum absolute atomic E-state index is 0.0549. The molecule has 154 valence electrons. The summed E-state index contributed by atoms with van der Waals surface area (Å²) >= 11 is 3.41. The molecule has 28 heavy (non-hydrogen) atoms. The Morgan fingerprint density at radius 1 is 1.14 bits per heavy atom. The molecular weight excluding hydrogens is 428 g/mol. The number of ether oxygens (including phenoxy) is 1. The van der Waals surface area contributed by atoms with Crippen LogP contribution in [0.4, 0.5) is 14.5 Å². The van der Waals surface area contributed by atoms with E-state index in [2.05, 4.69) is 34.5 Å². The fourth-order valence-electron chi connectivity index (χ4n) is 2.65. The lowest BCUT2D eigenvalue weighted by molar-refractivity contribution is -0.0504. The minimum Gasteiger partial charge on any atom is -0.434 e. The summed E-state index contributed by atoms with van der Waals surface area (Å²) in [6, 6.07) is 10.6. The molecule has 2 aromatic carbocycles. The number of carbonyl (C=O) groups excluding carboxylic acids is 1. The zero-order chi connectivity index (χ0) is 21.3. The van der Waals surface area contributed by atoms with Crippen LogP contribution >= 0.6 is 15.9 Å². The number of hydrogen-bond acceptors (Lipinski definition) is 3. The Balaban J connectivity index is 0.00000122. The van der Waals surface area contributed by atoms with Crippen LogP contribution in [0, 0.1) is 0 Å². The molecule has 0 radical (unpaired) electrons. The molecule has 0 saturated heterocycles. The zero-order valence-corrected chi connectivity index (χ0v) is 18.6. The Hall–Kier alpha value is -1.95. The maximum absolute atomic E-state index is 12.7. The summed E-state index contributed by atoms with van der Waals surface area (Å²) in [4.78, 5) is 13.7. The van der Waals surface area contributed by atoms with Crippen LogP contribution < -0.4 is 9.64 Å². The van der Waals surface area contributed by atoms with Gasteiger partial charge in [0, 0.05) is 34.9 Å². The van der Waals surface area contributed by atoms with E-state index in [0.717, 1.165) is 22.1 Å². The van der Waals surface area contributed by atoms with Crippen molar-refractivity contribution < 1.29 is 18.3 Å². The molecule has 2 rings (SSSR count). The van der Waals surface area contributed by atoms with Crippen LogP contribution in [-0.2, 0) is 13.0 Å². The van der Waals surface area contributed by atoms with E-state index in [1.54, 1.807) is 24.3 Å². The Morgan fingerprint density at radius 2 is 1.79 bits per heavy atom. The third-order valence-electron chi connectivity index (χ3n) is 3.91. The summed E-state index contributed by atoms with van der Waals surface area (Å²) in [7, 11) is 1.82. The predicted molar refractivity (Wildman–Crippen MR) is 115 cm³/mol. The third kappa shape index (κ3) is 7.23. The summed E-state index contributed by atoms with van der Waals surface area (Å²) in [6.07, 6.45) is 2.04. The molecule has 0 fully saturated rings. The minimum atomic E-state index is -2.88. The molecule has 0 unspecified atom stereocenters. The lowest BCUT2D eigenvalue weighted by atomic mass is 10.1. The largest absolute Gasteiger partial charge is 0.434 e. The first-order valence-corrected chi connectivity index (χ1v) is 10.1. The van der Waals surface area contributed by atoms with E-state index < -0.39 is 6.61 Å². The average molecular weight is 456 g/mol. The summed E-state index contributed by atoms with van der Waals surface area (Å²) < 4.78 is 30.8. The summed E-state index contributed by atoms with van der Waals surface area (Å²) in [6.45, 7) is 5.21. The van der Waals surface area contributed by atoms with Crippen molar-refractivity contribution in [2.24, 2.45) is 0 Å². The van der Waals surface area contributed by atoms with Crippen LogP contribution in [0.1, 0.15) is 55.6 Å². The monoisotopic (exact) mass is 455 g/mol. The number of ketones is 1. The van der Waals surface area contributed by atoms with Crippen LogP contribution in [0.25, 0.3) is 0 Å². The Morgan fingerprint density at radius 3 is 2.32 bits per heavy atom. The zero-order valence-electron chi connectivity index (χ0n) is 17.1. The molecular formula is C22H28BrF2NO2. The number of hydrogen-bond donors (Lipinski definition) is 0. The number of carbonyl (C=O) groups is 1. The Labute approximate surface area is 174 Å². The maximum atomic E-state index is 12.7. The quantitative estimate of drug-likeness (QED) is 0.426. The lowest BCUT2D eigenvalue weighted by Gasteiger charge is -2.24. The van der Waals surface area contributed by atoms with E-state index in [1.165, 1.54) is 13.3 Å². The smallest absolute Gasteiger partial charge is 0.387 e. The highest BCUT2D eigenvalue weighted by molar-refractivity contribution is 9.10. The Bertz CT molecular complexity index is 781. The third-order valence-corrected chi connectivity index (χ3v) is 4.40. The van der Waals surface area contributed by atoms with Crippen LogP contribution in [-0.4, -0.2) is 19.4 Å². The molecule has 0 aliphatic carbocycles. The van der Waals surface area contributed by atoms with Gasteiger partial charge in [-0.25, -0.2) is 0 Å². The fourth-order valence-corrected chi connectivity index (χ4v) is 3.00. The molecule has 0 N–H and O–H groups in total. The molecule has 0 aliphatic heterocycles. The number of rotatable bonds is 7. The highest BCUT2D eigenvalue weighted by Crippen LogP contribution is 2.29. The van der Waals surface area contributed by atoms with Gasteiger partial charge in [0.25, 0.3) is 0 Å². The second-order valence-corrected chi connectivity index (χ2v) is 7.37. The van der Waals surface area contributed by atoms with Gasteiger partial charge in [-0.3, -0.25) is 4.79 Å². The van der Waals surface area contributed by atoms with Gasteiger partial charge in [0.05, 0.1) is 0 Å². The van der Waals surface area contributed by atoms with Crippen molar-refractivity contribution in [3.8, 4) is 5.75 Å². The standard InChI is InChI=1S/C19H20BrF2NO2.C3H8/c1-4-13-5-8-18(25-19(21)22)14(9-13)11-23(3)17-10-15(20)6-7-16(17)12(2)24;1-3-2/h5-10,19H,4,11H2,1-3H3;3H2,1-2H3. The van der Waals surface area contributed by atoms with Crippen LogP contribution in [0.2, 0.25) is 0 Å². The van der Waals surface area contributed by atoms with E-state index in [1.807, 2.05) is 31.0 Å². The number of nitrogens with zero attached hydrogens (tertiary/aromatic N) is 1. The van der Waals surface area contributed by atoms with Gasteiger partial charge in [-0.05, 0) is 43.2 Å². The van der Waals surface area contributed by atoms with Crippen molar-refractivity contribution in [1.29, 1.82) is 0 Å². The highest BCUT2D eigenvalue weighted by Gasteiger charge is 2.16. The van der Waals surface area contributed by atoms with Gasteiger partial charge in [0.15, 0.2) is 5.78 Å². The van der Waals surface area contributed by atoms with E-state index in [-0.39, 0.29) is 11.5 Å². The maximum Gasteiger partial charge on any atom is 0.387 e. The van der Waals surface area contributed by atoms with Gasteiger partial charge in [0.2, 0.25) is 0 Å². The van der Waals surface area contributed by atoms with E-state index in [4.69, 9.17) is 0 Å². The molecule has 0 amide bonds. The van der Waals surface area contributed by atoms with Crippen molar-refractivity contribution in [1.82, 2.24) is 0 Å². The number of halogens is 3. The number of anilines is 1. The van der Waals surface area contributed by atoms with Crippen LogP contribution in [0.15, 0.2) is 40.9 Å². The molecule has 2 aromatic rings. The predicted octanol–water partition coefficient (Wildman–Crippen LogP) is 6.87. The highest BCUT2D eigenvalue weighted by atomic mass is 79.9. The fraction of sp³-hybridized carbons (Fsp3) is 0.409. The molecule has 0 aromatic heterocycles. The number of benzene rings is 2. The first-order chi connectivity index (χ1) is 13.2. The number of aryl methyl sites for hydroxylation is 1. The van der Waals surface area contributed by atoms with Crippen molar-refractivity contribution in [3.05, 3.63) is 57.6 Å². The summed E-state index contributed by atoms with van der Waals surface area (Å²) in [5.74, 6) is 0.0964. The second-order valence-electron chi connectivity index (χ2n) is 6.45. The van der Waals surface area contributed by atoms with Gasteiger partial charge in [-0.1, -0.05) is 55.3 Å². The molecule has 0 aliphatic rings. The van der Waals surface area contributed by atoms with Gasteiger partial charge in [-0.15, -0.1) is 0 Å². The average Bonchev–Trinajstić information content (AvgIpc) is 2.63. The van der Waals surface area contributed by atoms with Crippen LogP contribution in [0.3, 0.4) is 0 Å². The summed E-state index contributed by atoms with van der Waals surface area (Å²) in [5, 5.41) is 0. The molecule has 3 nitrogen and oxygen atoms in total. The lowest BCUT2D eigenvalue weighted by Crippen LogP contribution is -2.20.